The van der Waals surface area contributed by atoms with Gasteiger partial charge in [0.05, 0.1) is 52.9 Å². The number of nitrogens with zero attached hydrogens (tertiary/aromatic N) is 2. The van der Waals surface area contributed by atoms with Gasteiger partial charge in [0, 0.05) is 52.6 Å². The Balaban J connectivity index is 0.00000264. The maximum Gasteiger partial charge on any atom is 0.222 e. The molecule has 2 N–H and O–H groups in total. The van der Waals surface area contributed by atoms with E-state index in [9.17, 15) is 9.59 Å². The number of hydrazine groups is 1. The van der Waals surface area contributed by atoms with Gasteiger partial charge < -0.3 is 29.6 Å². The second-order valence-electron chi connectivity index (χ2n) is 11.1. The highest BCUT2D eigenvalue weighted by Crippen LogP contribution is 2.26. The fourth-order valence-electron chi connectivity index (χ4n) is 3.66. The second kappa shape index (κ2) is 29.2. The zero-order valence-electron chi connectivity index (χ0n) is 28.7. The highest BCUT2D eigenvalue weighted by Gasteiger charge is 2.17. The molecule has 0 aliphatic heterocycles. The van der Waals surface area contributed by atoms with E-state index in [2.05, 4.69) is 42.5 Å². The van der Waals surface area contributed by atoms with E-state index in [0.29, 0.717) is 84.7 Å². The number of hydrogen-bond acceptors (Lipinski definition) is 8. The van der Waals surface area contributed by atoms with Gasteiger partial charge in [-0.05, 0) is 25.2 Å². The van der Waals surface area contributed by atoms with Crippen molar-refractivity contribution in [3.05, 3.63) is 11.6 Å². The maximum atomic E-state index is 12.2. The van der Waals surface area contributed by atoms with Gasteiger partial charge in [0.2, 0.25) is 11.8 Å². The van der Waals surface area contributed by atoms with Gasteiger partial charge in [0.15, 0.2) is 0 Å². The van der Waals surface area contributed by atoms with Crippen LogP contribution >= 0.6 is 0 Å². The van der Waals surface area contributed by atoms with Crippen LogP contribution in [-0.4, -0.2) is 114 Å². The number of allylic oxidation sites excluding steroid dienone is 1. The first-order valence-corrected chi connectivity index (χ1v) is 16.8. The van der Waals surface area contributed by atoms with Gasteiger partial charge in [0.25, 0.3) is 0 Å². The molecule has 2 fully saturated rings. The first kappa shape index (κ1) is 41.4. The average Bonchev–Trinajstić information content (AvgIpc) is 2.94. The minimum Gasteiger partial charge on any atom is -0.379 e. The van der Waals surface area contributed by atoms with Crippen LogP contribution in [0.1, 0.15) is 92.4 Å². The minimum atomic E-state index is 0.0251. The number of ether oxygens (including phenoxy) is 4. The molecular weight excluding hydrogens is 548 g/mol. The number of carbonyl (C=O) groups excluding carboxylic acids is 2. The quantitative estimate of drug-likeness (QED) is 0.0980. The normalized spacial score (nSPS) is 14.6. The summed E-state index contributed by atoms with van der Waals surface area (Å²) in [5, 5.41) is 10.1. The van der Waals surface area contributed by atoms with Crippen LogP contribution in [0, 0.1) is 5.92 Å². The third kappa shape index (κ3) is 24.4. The lowest BCUT2D eigenvalue weighted by molar-refractivity contribution is -0.123. The van der Waals surface area contributed by atoms with Crippen LogP contribution in [0.3, 0.4) is 0 Å². The third-order valence-corrected chi connectivity index (χ3v) is 7.32. The minimum absolute atomic E-state index is 0.0251. The smallest absolute Gasteiger partial charge is 0.222 e. The van der Waals surface area contributed by atoms with E-state index in [1.54, 1.807) is 0 Å². The summed E-state index contributed by atoms with van der Waals surface area (Å²) in [6, 6.07) is 0.104. The molecule has 43 heavy (non-hydrogen) atoms. The van der Waals surface area contributed by atoms with Crippen molar-refractivity contribution in [2.45, 2.75) is 98.4 Å². The molecule has 2 amide bonds. The summed E-state index contributed by atoms with van der Waals surface area (Å²) in [6.45, 7) is 16.1. The van der Waals surface area contributed by atoms with Crippen molar-refractivity contribution in [3.8, 4) is 0 Å². The van der Waals surface area contributed by atoms with Crippen molar-refractivity contribution in [1.29, 1.82) is 0 Å². The van der Waals surface area contributed by atoms with Gasteiger partial charge in [0.1, 0.15) is 0 Å². The van der Waals surface area contributed by atoms with E-state index in [0.717, 1.165) is 19.4 Å². The molecule has 10 nitrogen and oxygen atoms in total. The Kier molecular flexibility index (Phi) is 28.1. The predicted molar refractivity (Wildman–Crippen MR) is 175 cm³/mol. The van der Waals surface area contributed by atoms with Crippen molar-refractivity contribution >= 4 is 11.8 Å². The molecule has 10 heteroatoms. The van der Waals surface area contributed by atoms with E-state index < -0.39 is 0 Å². The second-order valence-corrected chi connectivity index (χ2v) is 11.1. The Hall–Kier alpha value is -1.56. The van der Waals surface area contributed by atoms with Crippen molar-refractivity contribution < 1.29 is 28.5 Å². The summed E-state index contributed by atoms with van der Waals surface area (Å²) in [4.78, 5) is 24.0. The zero-order valence-corrected chi connectivity index (χ0v) is 28.7. The van der Waals surface area contributed by atoms with Crippen LogP contribution in [0.15, 0.2) is 11.6 Å². The lowest BCUT2D eigenvalue weighted by Gasteiger charge is -2.26. The van der Waals surface area contributed by atoms with Crippen molar-refractivity contribution in [1.82, 2.24) is 20.7 Å². The molecule has 254 valence electrons. The standard InChI is InChI=1S/C27H52N4O6.C4H8.C2H6/c1-6-30(4)31(5)13-10-26(32)28-12-15-35-17-19-37-21-20-36-18-16-34-14-11-27(33)29-25(23(2)3)22-24-8-7-9-24;1-2-4-3-1;1-2/h22-23,25H,6-21H2,1-5H3,(H,28,32)(H,29,33);1-4H2;1-2H3. The predicted octanol–water partition coefficient (Wildman–Crippen LogP) is 4.59. The van der Waals surface area contributed by atoms with Crippen LogP contribution in [0.25, 0.3) is 0 Å². The van der Waals surface area contributed by atoms with Gasteiger partial charge >= 0.3 is 0 Å². The summed E-state index contributed by atoms with van der Waals surface area (Å²) in [7, 11) is 3.97. The Bertz CT molecular complexity index is 693. The van der Waals surface area contributed by atoms with Gasteiger partial charge in [-0.15, -0.1) is 0 Å². The van der Waals surface area contributed by atoms with Gasteiger partial charge in [-0.3, -0.25) is 9.59 Å². The highest BCUT2D eigenvalue weighted by atomic mass is 16.6. The third-order valence-electron chi connectivity index (χ3n) is 7.32. The van der Waals surface area contributed by atoms with Crippen LogP contribution in [0.5, 0.6) is 0 Å². The summed E-state index contributed by atoms with van der Waals surface area (Å²) in [5.41, 5.74) is 1.46. The van der Waals surface area contributed by atoms with Crippen LogP contribution in [0.4, 0.5) is 0 Å². The van der Waals surface area contributed by atoms with Crippen LogP contribution in [-0.2, 0) is 28.5 Å². The molecule has 2 saturated carbocycles. The van der Waals surface area contributed by atoms with Crippen molar-refractivity contribution in [2.24, 2.45) is 5.92 Å². The Morgan fingerprint density at radius 3 is 1.70 bits per heavy atom. The Morgan fingerprint density at radius 2 is 1.26 bits per heavy atom. The fourth-order valence-corrected chi connectivity index (χ4v) is 3.66. The van der Waals surface area contributed by atoms with Gasteiger partial charge in [-0.1, -0.05) is 72.0 Å². The van der Waals surface area contributed by atoms with Gasteiger partial charge in [-0.25, -0.2) is 10.0 Å². The maximum absolute atomic E-state index is 12.2. The summed E-state index contributed by atoms with van der Waals surface area (Å²) < 4.78 is 21.9. The fraction of sp³-hybridized carbons (Fsp3) is 0.879. The van der Waals surface area contributed by atoms with Gasteiger partial charge in [-0.2, -0.15) is 0 Å². The molecule has 0 heterocycles. The lowest BCUT2D eigenvalue weighted by atomic mass is 9.88. The highest BCUT2D eigenvalue weighted by molar-refractivity contribution is 5.76. The average molecular weight is 615 g/mol. The molecular formula is C33H66N4O6. The number of amides is 2. The SMILES string of the molecule is C1CCC1.CC.CCN(C)N(C)CCC(=O)NCCOCCOCCOCCOCCC(=O)NC(C=C1CCC1)C(C)C. The van der Waals surface area contributed by atoms with E-state index in [1.165, 1.54) is 37.7 Å². The summed E-state index contributed by atoms with van der Waals surface area (Å²) >= 11 is 0. The molecule has 0 aromatic heterocycles. The van der Waals surface area contributed by atoms with E-state index in [4.69, 9.17) is 18.9 Å². The van der Waals surface area contributed by atoms with E-state index in [-0.39, 0.29) is 17.9 Å². The van der Waals surface area contributed by atoms with E-state index >= 15 is 0 Å². The molecule has 0 aromatic rings. The topological polar surface area (TPSA) is 102 Å². The number of hydrogen-bond donors (Lipinski definition) is 2. The molecule has 0 bridgehead atoms. The Morgan fingerprint density at radius 1 is 0.744 bits per heavy atom. The molecule has 1 atom stereocenters. The van der Waals surface area contributed by atoms with Crippen molar-refractivity contribution in [3.63, 3.8) is 0 Å². The molecule has 0 radical (unpaired) electrons. The van der Waals surface area contributed by atoms with Crippen molar-refractivity contribution in [2.75, 3.05) is 86.6 Å². The molecule has 1 unspecified atom stereocenters. The number of carbonyl (C=O) groups is 2. The number of rotatable bonds is 23. The van der Waals surface area contributed by atoms with Crippen LogP contribution in [0.2, 0.25) is 0 Å². The lowest BCUT2D eigenvalue weighted by Crippen LogP contribution is -2.39. The zero-order chi connectivity index (χ0) is 32.1. The summed E-state index contributed by atoms with van der Waals surface area (Å²) in [6.07, 6.45) is 12.6. The molecule has 0 spiro atoms. The first-order valence-electron chi connectivity index (χ1n) is 16.8. The molecule has 2 aliphatic carbocycles. The molecule has 0 saturated heterocycles. The number of nitrogens with one attached hydrogen (secondary N) is 2. The van der Waals surface area contributed by atoms with Crippen LogP contribution < -0.4 is 10.6 Å². The molecule has 0 aromatic carbocycles. The summed E-state index contributed by atoms with van der Waals surface area (Å²) in [5.74, 6) is 0.429. The van der Waals surface area contributed by atoms with E-state index in [1.807, 2.05) is 33.0 Å². The molecule has 2 rings (SSSR count). The molecule has 2 aliphatic rings. The largest absolute Gasteiger partial charge is 0.379 e. The first-order chi connectivity index (χ1) is 20.8. The Labute approximate surface area is 263 Å². The monoisotopic (exact) mass is 614 g/mol.